The summed E-state index contributed by atoms with van der Waals surface area (Å²) >= 11 is 5.75. The summed E-state index contributed by atoms with van der Waals surface area (Å²) in [5.74, 6) is -0.961. The molecule has 0 aromatic heterocycles. The van der Waals surface area contributed by atoms with Crippen LogP contribution in [0.2, 0.25) is 5.02 Å². The van der Waals surface area contributed by atoms with Crippen molar-refractivity contribution in [1.29, 1.82) is 0 Å². The number of hydrogen-bond acceptors (Lipinski definition) is 4. The van der Waals surface area contributed by atoms with Gasteiger partial charge >= 0.3 is 5.97 Å². The average Bonchev–Trinajstić information content (AvgIpc) is 3.07. The zero-order valence-electron chi connectivity index (χ0n) is 12.7. The van der Waals surface area contributed by atoms with Crippen molar-refractivity contribution in [3.05, 3.63) is 34.9 Å². The number of halogens is 1. The lowest BCUT2D eigenvalue weighted by molar-refractivity contribution is -0.151. The molecule has 1 aromatic rings. The normalized spacial score (nSPS) is 13.7. The van der Waals surface area contributed by atoms with Crippen LogP contribution < -0.4 is 5.32 Å². The predicted molar refractivity (Wildman–Crippen MR) is 85.2 cm³/mol. The van der Waals surface area contributed by atoms with Gasteiger partial charge in [-0.1, -0.05) is 11.6 Å². The Bertz CT molecular complexity index is 568. The highest BCUT2D eigenvalue weighted by molar-refractivity contribution is 6.30. The smallest absolute Gasteiger partial charge is 0.308 e. The van der Waals surface area contributed by atoms with Crippen molar-refractivity contribution in [1.82, 2.24) is 10.2 Å². The molecule has 124 valence electrons. The maximum Gasteiger partial charge on any atom is 0.308 e. The van der Waals surface area contributed by atoms with Gasteiger partial charge in [0.1, 0.15) is 0 Å². The Labute approximate surface area is 139 Å². The van der Waals surface area contributed by atoms with Gasteiger partial charge < -0.3 is 15.0 Å². The van der Waals surface area contributed by atoms with E-state index in [0.29, 0.717) is 10.6 Å². The average molecular weight is 339 g/mol. The minimum Gasteiger partial charge on any atom is -0.456 e. The molecule has 0 spiro atoms. The molecule has 23 heavy (non-hydrogen) atoms. The molecule has 0 unspecified atom stereocenters. The SMILES string of the molecule is O=C(CCNC(=O)c1ccc(Cl)cc1)OCC(=O)N1CCCC1. The van der Waals surface area contributed by atoms with Gasteiger partial charge in [-0.25, -0.2) is 0 Å². The number of benzene rings is 1. The highest BCUT2D eigenvalue weighted by atomic mass is 35.5. The number of ether oxygens (including phenoxy) is 1. The van der Waals surface area contributed by atoms with E-state index in [1.54, 1.807) is 29.2 Å². The second-order valence-corrected chi connectivity index (χ2v) is 5.70. The lowest BCUT2D eigenvalue weighted by atomic mass is 10.2. The quantitative estimate of drug-likeness (QED) is 0.800. The zero-order valence-corrected chi connectivity index (χ0v) is 13.5. The van der Waals surface area contributed by atoms with Crippen molar-refractivity contribution >= 4 is 29.4 Å². The summed E-state index contributed by atoms with van der Waals surface area (Å²) in [6, 6.07) is 6.44. The number of likely N-dealkylation sites (tertiary alicyclic amines) is 1. The zero-order chi connectivity index (χ0) is 16.7. The van der Waals surface area contributed by atoms with E-state index in [9.17, 15) is 14.4 Å². The molecule has 1 N–H and O–H groups in total. The van der Waals surface area contributed by atoms with E-state index in [-0.39, 0.29) is 31.4 Å². The molecule has 0 atom stereocenters. The molecule has 6 nitrogen and oxygen atoms in total. The molecule has 0 aliphatic carbocycles. The van der Waals surface area contributed by atoms with Crippen LogP contribution in [0, 0.1) is 0 Å². The number of esters is 1. The van der Waals surface area contributed by atoms with Crippen LogP contribution in [-0.2, 0) is 14.3 Å². The maximum absolute atomic E-state index is 11.8. The summed E-state index contributed by atoms with van der Waals surface area (Å²) in [5, 5.41) is 3.16. The minimum atomic E-state index is -0.506. The number of nitrogens with zero attached hydrogens (tertiary/aromatic N) is 1. The number of rotatable bonds is 6. The van der Waals surface area contributed by atoms with Crippen LogP contribution in [0.4, 0.5) is 0 Å². The monoisotopic (exact) mass is 338 g/mol. The Hall–Kier alpha value is -2.08. The van der Waals surface area contributed by atoms with Crippen molar-refractivity contribution < 1.29 is 19.1 Å². The molecule has 0 saturated carbocycles. The number of carbonyl (C=O) groups is 3. The second-order valence-electron chi connectivity index (χ2n) is 5.26. The van der Waals surface area contributed by atoms with E-state index in [1.165, 1.54) is 0 Å². The lowest BCUT2D eigenvalue weighted by Crippen LogP contribution is -2.32. The molecule has 0 radical (unpaired) electrons. The highest BCUT2D eigenvalue weighted by Crippen LogP contribution is 2.09. The summed E-state index contributed by atoms with van der Waals surface area (Å²) in [6.45, 7) is 1.38. The van der Waals surface area contributed by atoms with Crippen LogP contribution in [-0.4, -0.2) is 48.9 Å². The van der Waals surface area contributed by atoms with Crippen molar-refractivity contribution in [2.24, 2.45) is 0 Å². The van der Waals surface area contributed by atoms with Crippen LogP contribution in [0.15, 0.2) is 24.3 Å². The fourth-order valence-electron chi connectivity index (χ4n) is 2.25. The van der Waals surface area contributed by atoms with E-state index >= 15 is 0 Å². The van der Waals surface area contributed by atoms with Crippen LogP contribution in [0.1, 0.15) is 29.6 Å². The summed E-state index contributed by atoms with van der Waals surface area (Å²) in [7, 11) is 0. The molecule has 7 heteroatoms. The van der Waals surface area contributed by atoms with Gasteiger partial charge in [-0.2, -0.15) is 0 Å². The minimum absolute atomic E-state index is 0.0204. The van der Waals surface area contributed by atoms with E-state index in [4.69, 9.17) is 16.3 Å². The number of carbonyl (C=O) groups excluding carboxylic acids is 3. The van der Waals surface area contributed by atoms with Crippen molar-refractivity contribution in [2.45, 2.75) is 19.3 Å². The third kappa shape index (κ3) is 5.56. The lowest BCUT2D eigenvalue weighted by Gasteiger charge is -2.14. The van der Waals surface area contributed by atoms with Gasteiger partial charge in [-0.15, -0.1) is 0 Å². The molecule has 1 aliphatic heterocycles. The van der Waals surface area contributed by atoms with Gasteiger partial charge in [0.15, 0.2) is 6.61 Å². The fourth-order valence-corrected chi connectivity index (χ4v) is 2.38. The first kappa shape index (κ1) is 17.3. The maximum atomic E-state index is 11.8. The largest absolute Gasteiger partial charge is 0.456 e. The van der Waals surface area contributed by atoms with E-state index < -0.39 is 5.97 Å². The van der Waals surface area contributed by atoms with Gasteiger partial charge in [0.2, 0.25) is 0 Å². The summed E-state index contributed by atoms with van der Waals surface area (Å²) < 4.78 is 4.92. The van der Waals surface area contributed by atoms with Gasteiger partial charge in [0.25, 0.3) is 11.8 Å². The van der Waals surface area contributed by atoms with E-state index in [1.807, 2.05) is 0 Å². The van der Waals surface area contributed by atoms with Crippen LogP contribution in [0.5, 0.6) is 0 Å². The molecule has 0 bridgehead atoms. The molecule has 1 saturated heterocycles. The van der Waals surface area contributed by atoms with Gasteiger partial charge in [-0.05, 0) is 37.1 Å². The van der Waals surface area contributed by atoms with Crippen LogP contribution in [0.25, 0.3) is 0 Å². The Kier molecular flexibility index (Phi) is 6.40. The van der Waals surface area contributed by atoms with Gasteiger partial charge in [-0.3, -0.25) is 14.4 Å². The summed E-state index contributed by atoms with van der Waals surface area (Å²) in [5.41, 5.74) is 0.465. The Balaban J connectivity index is 1.63. The molecule has 1 fully saturated rings. The van der Waals surface area contributed by atoms with Crippen molar-refractivity contribution in [3.8, 4) is 0 Å². The highest BCUT2D eigenvalue weighted by Gasteiger charge is 2.19. The number of amides is 2. The Morgan fingerprint density at radius 1 is 1.13 bits per heavy atom. The first-order valence-electron chi connectivity index (χ1n) is 7.53. The number of nitrogens with one attached hydrogen (secondary N) is 1. The van der Waals surface area contributed by atoms with Crippen LogP contribution >= 0.6 is 11.6 Å². The second kappa shape index (κ2) is 8.53. The third-order valence-corrected chi connectivity index (χ3v) is 3.79. The molecule has 2 amide bonds. The number of hydrogen-bond donors (Lipinski definition) is 1. The first-order chi connectivity index (χ1) is 11.1. The van der Waals surface area contributed by atoms with Gasteiger partial charge in [0, 0.05) is 30.2 Å². The van der Waals surface area contributed by atoms with E-state index in [2.05, 4.69) is 5.32 Å². The van der Waals surface area contributed by atoms with E-state index in [0.717, 1.165) is 25.9 Å². The van der Waals surface area contributed by atoms with Crippen molar-refractivity contribution in [2.75, 3.05) is 26.2 Å². The topological polar surface area (TPSA) is 75.7 Å². The molecule has 1 aromatic carbocycles. The molecule has 2 rings (SSSR count). The summed E-state index contributed by atoms with van der Waals surface area (Å²) in [4.78, 5) is 36.8. The molecular formula is C16H19ClN2O4. The predicted octanol–water partition coefficient (Wildman–Crippen LogP) is 1.63. The Morgan fingerprint density at radius 2 is 1.78 bits per heavy atom. The third-order valence-electron chi connectivity index (χ3n) is 3.54. The van der Waals surface area contributed by atoms with Gasteiger partial charge in [0.05, 0.1) is 6.42 Å². The molecule has 1 heterocycles. The standard InChI is InChI=1S/C16H19ClN2O4/c17-13-5-3-12(4-6-13)16(22)18-8-7-15(21)23-11-14(20)19-9-1-2-10-19/h3-6H,1-2,7-11H2,(H,18,22). The molecule has 1 aliphatic rings. The summed E-state index contributed by atoms with van der Waals surface area (Å²) in [6.07, 6.45) is 2.01. The fraction of sp³-hybridized carbons (Fsp3) is 0.438. The molecular weight excluding hydrogens is 320 g/mol. The van der Waals surface area contributed by atoms with Crippen LogP contribution in [0.3, 0.4) is 0 Å². The Morgan fingerprint density at radius 3 is 2.43 bits per heavy atom. The first-order valence-corrected chi connectivity index (χ1v) is 7.91. The van der Waals surface area contributed by atoms with Crippen molar-refractivity contribution in [3.63, 3.8) is 0 Å².